The van der Waals surface area contributed by atoms with E-state index in [9.17, 15) is 9.59 Å². The van der Waals surface area contributed by atoms with Crippen molar-refractivity contribution in [2.75, 3.05) is 6.54 Å². The molecule has 0 aliphatic rings. The molecule has 5 nitrogen and oxygen atoms in total. The van der Waals surface area contributed by atoms with E-state index in [1.807, 2.05) is 42.5 Å². The van der Waals surface area contributed by atoms with Gasteiger partial charge in [0.05, 0.1) is 11.0 Å². The van der Waals surface area contributed by atoms with Crippen LogP contribution in [0.1, 0.15) is 24.1 Å². The Morgan fingerprint density at radius 3 is 2.62 bits per heavy atom. The van der Waals surface area contributed by atoms with E-state index in [1.165, 1.54) is 5.56 Å². The Bertz CT molecular complexity index is 948. The highest BCUT2D eigenvalue weighted by molar-refractivity contribution is 5.77. The molecule has 3 aromatic rings. The van der Waals surface area contributed by atoms with E-state index in [4.69, 9.17) is 0 Å². The molecule has 0 aliphatic carbocycles. The summed E-state index contributed by atoms with van der Waals surface area (Å²) in [5.41, 5.74) is 3.12. The predicted molar refractivity (Wildman–Crippen MR) is 103 cm³/mol. The lowest BCUT2D eigenvalue weighted by atomic mass is 10.1. The largest absolute Gasteiger partial charge is 0.356 e. The molecule has 0 saturated carbocycles. The standard InChI is InChI=1S/C21H23N3O2/c1-16-21(26)24(19-12-6-5-11-18(19)23-16)15-13-20(25)22-14-7-10-17-8-3-2-4-9-17/h2-6,8-9,11-12H,7,10,13-15H2,1H3,(H,22,25). The van der Waals surface area contributed by atoms with Gasteiger partial charge in [-0.05, 0) is 37.5 Å². The fraction of sp³-hybridized carbons (Fsp3) is 0.286. The van der Waals surface area contributed by atoms with Gasteiger partial charge in [0.15, 0.2) is 0 Å². The molecule has 2 aromatic carbocycles. The number of hydrogen-bond donors (Lipinski definition) is 1. The molecule has 1 heterocycles. The molecule has 134 valence electrons. The predicted octanol–water partition coefficient (Wildman–Crippen LogP) is 2.84. The molecule has 26 heavy (non-hydrogen) atoms. The summed E-state index contributed by atoms with van der Waals surface area (Å²) in [6.45, 7) is 2.70. The summed E-state index contributed by atoms with van der Waals surface area (Å²) in [4.78, 5) is 28.8. The number of aryl methyl sites for hydroxylation is 3. The van der Waals surface area contributed by atoms with Gasteiger partial charge in [-0.25, -0.2) is 4.98 Å². The third kappa shape index (κ3) is 4.36. The summed E-state index contributed by atoms with van der Waals surface area (Å²) in [6.07, 6.45) is 2.11. The zero-order valence-electron chi connectivity index (χ0n) is 14.9. The van der Waals surface area contributed by atoms with Gasteiger partial charge in [-0.1, -0.05) is 42.5 Å². The van der Waals surface area contributed by atoms with Gasteiger partial charge in [0.1, 0.15) is 5.69 Å². The minimum Gasteiger partial charge on any atom is -0.356 e. The van der Waals surface area contributed by atoms with Crippen molar-refractivity contribution in [3.63, 3.8) is 0 Å². The Morgan fingerprint density at radius 1 is 1.08 bits per heavy atom. The fourth-order valence-corrected chi connectivity index (χ4v) is 3.01. The molecule has 0 unspecified atom stereocenters. The van der Waals surface area contributed by atoms with Crippen molar-refractivity contribution >= 4 is 16.9 Å². The number of aromatic nitrogens is 2. The highest BCUT2D eigenvalue weighted by Gasteiger charge is 2.09. The maximum atomic E-state index is 12.4. The molecule has 0 spiro atoms. The monoisotopic (exact) mass is 349 g/mol. The normalized spacial score (nSPS) is 10.8. The minimum absolute atomic E-state index is 0.0384. The Kier molecular flexibility index (Phi) is 5.79. The number of fused-ring (bicyclic) bond motifs is 1. The summed E-state index contributed by atoms with van der Waals surface area (Å²) in [7, 11) is 0. The van der Waals surface area contributed by atoms with Crippen LogP contribution in [0, 0.1) is 6.92 Å². The maximum absolute atomic E-state index is 12.4. The lowest BCUT2D eigenvalue weighted by molar-refractivity contribution is -0.121. The second-order valence-electron chi connectivity index (χ2n) is 6.33. The molecule has 0 radical (unpaired) electrons. The molecule has 0 saturated heterocycles. The van der Waals surface area contributed by atoms with Crippen LogP contribution in [0.25, 0.3) is 11.0 Å². The highest BCUT2D eigenvalue weighted by atomic mass is 16.1. The Balaban J connectivity index is 1.54. The number of amides is 1. The van der Waals surface area contributed by atoms with Crippen LogP contribution in [0.2, 0.25) is 0 Å². The first-order chi connectivity index (χ1) is 12.6. The van der Waals surface area contributed by atoms with Crippen molar-refractivity contribution in [3.8, 4) is 0 Å². The first kappa shape index (κ1) is 17.9. The molecule has 1 N–H and O–H groups in total. The van der Waals surface area contributed by atoms with E-state index in [-0.39, 0.29) is 17.9 Å². The number of hydrogen-bond acceptors (Lipinski definition) is 3. The number of carbonyl (C=O) groups excluding carboxylic acids is 1. The van der Waals surface area contributed by atoms with Crippen LogP contribution in [0.3, 0.4) is 0 Å². The van der Waals surface area contributed by atoms with E-state index < -0.39 is 0 Å². The van der Waals surface area contributed by atoms with E-state index in [2.05, 4.69) is 22.4 Å². The van der Waals surface area contributed by atoms with E-state index in [1.54, 1.807) is 11.5 Å². The smallest absolute Gasteiger partial charge is 0.272 e. The average molecular weight is 349 g/mol. The Hall–Kier alpha value is -2.95. The van der Waals surface area contributed by atoms with Crippen LogP contribution >= 0.6 is 0 Å². The summed E-state index contributed by atoms with van der Waals surface area (Å²) >= 11 is 0. The molecule has 0 atom stereocenters. The second kappa shape index (κ2) is 8.43. The zero-order chi connectivity index (χ0) is 18.4. The Labute approximate surface area is 152 Å². The maximum Gasteiger partial charge on any atom is 0.272 e. The number of benzene rings is 2. The number of rotatable bonds is 7. The minimum atomic E-state index is -0.138. The molecular formula is C21H23N3O2. The van der Waals surface area contributed by atoms with Crippen molar-refractivity contribution in [2.24, 2.45) is 0 Å². The number of nitrogens with one attached hydrogen (secondary N) is 1. The average Bonchev–Trinajstić information content (AvgIpc) is 2.66. The van der Waals surface area contributed by atoms with Crippen LogP contribution in [-0.2, 0) is 17.8 Å². The van der Waals surface area contributed by atoms with Gasteiger partial charge in [0, 0.05) is 19.5 Å². The lowest BCUT2D eigenvalue weighted by Gasteiger charge is -2.11. The van der Waals surface area contributed by atoms with Crippen LogP contribution in [-0.4, -0.2) is 22.0 Å². The van der Waals surface area contributed by atoms with Gasteiger partial charge in [0.25, 0.3) is 5.56 Å². The Morgan fingerprint density at radius 2 is 1.81 bits per heavy atom. The summed E-state index contributed by atoms with van der Waals surface area (Å²) in [5.74, 6) is -0.0384. The van der Waals surface area contributed by atoms with Crippen LogP contribution in [0.15, 0.2) is 59.4 Å². The van der Waals surface area contributed by atoms with Crippen molar-refractivity contribution in [3.05, 3.63) is 76.2 Å². The molecule has 0 bridgehead atoms. The van der Waals surface area contributed by atoms with Gasteiger partial charge >= 0.3 is 0 Å². The molecule has 0 aliphatic heterocycles. The molecule has 1 aromatic heterocycles. The SMILES string of the molecule is Cc1nc2ccccc2n(CCC(=O)NCCCc2ccccc2)c1=O. The van der Waals surface area contributed by atoms with Crippen molar-refractivity contribution in [2.45, 2.75) is 32.7 Å². The van der Waals surface area contributed by atoms with E-state index in [0.29, 0.717) is 18.8 Å². The van der Waals surface area contributed by atoms with Crippen molar-refractivity contribution in [1.29, 1.82) is 0 Å². The van der Waals surface area contributed by atoms with Gasteiger partial charge in [-0.3, -0.25) is 9.59 Å². The topological polar surface area (TPSA) is 64.0 Å². The molecule has 3 rings (SSSR count). The number of carbonyl (C=O) groups is 1. The second-order valence-corrected chi connectivity index (χ2v) is 6.33. The zero-order valence-corrected chi connectivity index (χ0v) is 14.9. The number of para-hydroxylation sites is 2. The van der Waals surface area contributed by atoms with Crippen LogP contribution in [0.4, 0.5) is 0 Å². The molecular weight excluding hydrogens is 326 g/mol. The summed E-state index contributed by atoms with van der Waals surface area (Å²) in [5, 5.41) is 2.94. The lowest BCUT2D eigenvalue weighted by Crippen LogP contribution is -2.29. The quantitative estimate of drug-likeness (QED) is 0.667. The molecule has 5 heteroatoms. The van der Waals surface area contributed by atoms with Crippen molar-refractivity contribution < 1.29 is 4.79 Å². The first-order valence-corrected chi connectivity index (χ1v) is 8.92. The van der Waals surface area contributed by atoms with Crippen LogP contribution in [0.5, 0.6) is 0 Å². The third-order valence-electron chi connectivity index (χ3n) is 4.39. The van der Waals surface area contributed by atoms with Crippen molar-refractivity contribution in [1.82, 2.24) is 14.9 Å². The van der Waals surface area contributed by atoms with E-state index >= 15 is 0 Å². The third-order valence-corrected chi connectivity index (χ3v) is 4.39. The van der Waals surface area contributed by atoms with Crippen LogP contribution < -0.4 is 10.9 Å². The molecule has 0 fully saturated rings. The first-order valence-electron chi connectivity index (χ1n) is 8.92. The van der Waals surface area contributed by atoms with E-state index in [0.717, 1.165) is 23.9 Å². The highest BCUT2D eigenvalue weighted by Crippen LogP contribution is 2.10. The van der Waals surface area contributed by atoms with Gasteiger partial charge < -0.3 is 9.88 Å². The summed E-state index contributed by atoms with van der Waals surface area (Å²) in [6, 6.07) is 17.7. The molecule has 1 amide bonds. The van der Waals surface area contributed by atoms with Gasteiger partial charge in [-0.15, -0.1) is 0 Å². The van der Waals surface area contributed by atoms with Gasteiger partial charge in [0.2, 0.25) is 5.91 Å². The fourth-order valence-electron chi connectivity index (χ4n) is 3.01. The number of nitrogens with zero attached hydrogens (tertiary/aromatic N) is 2. The van der Waals surface area contributed by atoms with Gasteiger partial charge in [-0.2, -0.15) is 0 Å². The summed E-state index contributed by atoms with van der Waals surface area (Å²) < 4.78 is 1.64.